The summed E-state index contributed by atoms with van der Waals surface area (Å²) in [5, 5.41) is 0. The Labute approximate surface area is 135 Å². The fourth-order valence-electron chi connectivity index (χ4n) is 2.00. The molecule has 0 unspecified atom stereocenters. The molecule has 0 aliphatic rings. The van der Waals surface area contributed by atoms with Gasteiger partial charge in [0.05, 0.1) is 5.75 Å². The first-order valence-electron chi connectivity index (χ1n) is 8.26. The normalized spacial score (nSPS) is 11.4. The molecule has 0 atom stereocenters. The zero-order valence-corrected chi connectivity index (χ0v) is 14.8. The Bertz CT molecular complexity index is 418. The molecule has 0 saturated carbocycles. The van der Waals surface area contributed by atoms with Gasteiger partial charge in [-0.2, -0.15) is 8.42 Å². The predicted molar refractivity (Wildman–Crippen MR) is 89.7 cm³/mol. The van der Waals surface area contributed by atoms with Gasteiger partial charge in [0, 0.05) is 5.57 Å². The Balaban J connectivity index is 3.53. The summed E-state index contributed by atoms with van der Waals surface area (Å²) in [7, 11) is -3.69. The molecule has 0 spiro atoms. The van der Waals surface area contributed by atoms with E-state index < -0.39 is 16.0 Å². The minimum atomic E-state index is -3.69. The molecule has 0 bridgehead atoms. The third-order valence-corrected chi connectivity index (χ3v) is 4.52. The topological polar surface area (TPSA) is 72.5 Å². The number of nitrogens with one attached hydrogen (secondary N) is 1. The third-order valence-electron chi connectivity index (χ3n) is 3.40. The summed E-state index contributed by atoms with van der Waals surface area (Å²) >= 11 is 0. The van der Waals surface area contributed by atoms with Crippen LogP contribution in [0.15, 0.2) is 12.2 Å². The molecular formula is C16H31NO4S. The van der Waals surface area contributed by atoms with Gasteiger partial charge in [-0.3, -0.25) is 4.79 Å². The van der Waals surface area contributed by atoms with E-state index in [-0.39, 0.29) is 11.3 Å². The summed E-state index contributed by atoms with van der Waals surface area (Å²) in [6, 6.07) is 0. The van der Waals surface area contributed by atoms with Crippen LogP contribution in [-0.4, -0.2) is 20.1 Å². The van der Waals surface area contributed by atoms with Gasteiger partial charge in [-0.05, 0) is 13.3 Å². The van der Waals surface area contributed by atoms with Crippen LogP contribution in [0.3, 0.4) is 0 Å². The van der Waals surface area contributed by atoms with Crippen LogP contribution in [-0.2, 0) is 19.2 Å². The fraction of sp³-hybridized carbons (Fsp3) is 0.812. The molecule has 6 heteroatoms. The first kappa shape index (κ1) is 21.1. The van der Waals surface area contributed by atoms with Crippen LogP contribution in [0.1, 0.15) is 78.1 Å². The van der Waals surface area contributed by atoms with Crippen LogP contribution in [0.2, 0.25) is 0 Å². The van der Waals surface area contributed by atoms with E-state index in [2.05, 4.69) is 17.8 Å². The molecule has 0 saturated heterocycles. The molecule has 0 aromatic rings. The van der Waals surface area contributed by atoms with Crippen LogP contribution in [0.25, 0.3) is 0 Å². The lowest BCUT2D eigenvalue weighted by Gasteiger charge is -2.06. The zero-order chi connectivity index (χ0) is 16.8. The molecule has 0 aromatic carbocycles. The maximum absolute atomic E-state index is 11.5. The number of hydrogen-bond donors (Lipinski definition) is 1. The highest BCUT2D eigenvalue weighted by molar-refractivity contribution is 7.86. The standard InChI is InChI=1S/C16H31NO4S/c1-4-5-6-7-8-9-10-11-12-13-14-22(19,20)21-17-16(18)15(2)3/h2,4-14H2,1,3H3,(H,17,18). The van der Waals surface area contributed by atoms with Crippen molar-refractivity contribution in [1.29, 1.82) is 0 Å². The SMILES string of the molecule is C=C(C)C(=O)NOS(=O)(=O)CCCCCCCCCCCC. The molecule has 0 aliphatic heterocycles. The lowest BCUT2D eigenvalue weighted by molar-refractivity contribution is -0.123. The van der Waals surface area contributed by atoms with Crippen LogP contribution in [0, 0.1) is 0 Å². The molecule has 1 N–H and O–H groups in total. The Hall–Kier alpha value is -0.880. The summed E-state index contributed by atoms with van der Waals surface area (Å²) in [5.41, 5.74) is 2.08. The number of hydrogen-bond acceptors (Lipinski definition) is 4. The molecule has 1 amide bonds. The van der Waals surface area contributed by atoms with Gasteiger partial charge in [-0.25, -0.2) is 5.48 Å². The van der Waals surface area contributed by atoms with E-state index in [0.29, 0.717) is 6.42 Å². The fourth-order valence-corrected chi connectivity index (χ4v) is 2.84. The van der Waals surface area contributed by atoms with Crippen molar-refractivity contribution < 1.29 is 17.5 Å². The smallest absolute Gasteiger partial charge is 0.267 e. The van der Waals surface area contributed by atoms with Crippen molar-refractivity contribution in [2.75, 3.05) is 5.75 Å². The van der Waals surface area contributed by atoms with Gasteiger partial charge in [0.25, 0.3) is 16.0 Å². The number of carbonyl (C=O) groups excluding carboxylic acids is 1. The summed E-state index contributed by atoms with van der Waals surface area (Å²) in [5.74, 6) is -0.688. The number of unbranched alkanes of at least 4 members (excludes halogenated alkanes) is 9. The quantitative estimate of drug-likeness (QED) is 0.298. The largest absolute Gasteiger partial charge is 0.287 e. The van der Waals surface area contributed by atoms with Crippen LogP contribution in [0.4, 0.5) is 0 Å². The van der Waals surface area contributed by atoms with Crippen molar-refractivity contribution >= 4 is 16.0 Å². The van der Waals surface area contributed by atoms with Crippen molar-refractivity contribution in [1.82, 2.24) is 5.48 Å². The summed E-state index contributed by atoms with van der Waals surface area (Å²) < 4.78 is 27.5. The van der Waals surface area contributed by atoms with E-state index in [4.69, 9.17) is 0 Å². The van der Waals surface area contributed by atoms with Gasteiger partial charge in [-0.1, -0.05) is 71.3 Å². The van der Waals surface area contributed by atoms with E-state index in [1.165, 1.54) is 45.4 Å². The number of rotatable bonds is 14. The predicted octanol–water partition coefficient (Wildman–Crippen LogP) is 3.86. The monoisotopic (exact) mass is 333 g/mol. The van der Waals surface area contributed by atoms with Crippen molar-refractivity contribution in [3.05, 3.63) is 12.2 Å². The average molecular weight is 333 g/mol. The molecule has 22 heavy (non-hydrogen) atoms. The maximum atomic E-state index is 11.5. The molecule has 5 nitrogen and oxygen atoms in total. The molecule has 0 heterocycles. The van der Waals surface area contributed by atoms with Crippen molar-refractivity contribution in [2.24, 2.45) is 0 Å². The van der Waals surface area contributed by atoms with Gasteiger partial charge in [-0.15, -0.1) is 4.28 Å². The van der Waals surface area contributed by atoms with E-state index in [1.54, 1.807) is 0 Å². The maximum Gasteiger partial charge on any atom is 0.287 e. The Morgan fingerprint density at radius 3 is 1.86 bits per heavy atom. The second-order valence-corrected chi connectivity index (χ2v) is 7.43. The first-order valence-corrected chi connectivity index (χ1v) is 9.83. The molecule has 0 aromatic heterocycles. The summed E-state index contributed by atoms with van der Waals surface area (Å²) in [4.78, 5) is 11.1. The second-order valence-electron chi connectivity index (χ2n) is 5.74. The van der Waals surface area contributed by atoms with Gasteiger partial charge in [0.15, 0.2) is 0 Å². The second kappa shape index (κ2) is 12.6. The molecule has 130 valence electrons. The average Bonchev–Trinajstić information content (AvgIpc) is 2.46. The van der Waals surface area contributed by atoms with Gasteiger partial charge in [0.1, 0.15) is 0 Å². The highest BCUT2D eigenvalue weighted by Crippen LogP contribution is 2.11. The highest BCUT2D eigenvalue weighted by Gasteiger charge is 2.13. The summed E-state index contributed by atoms with van der Waals surface area (Å²) in [6.45, 7) is 7.09. The van der Waals surface area contributed by atoms with E-state index in [0.717, 1.165) is 19.3 Å². The molecule has 0 aliphatic carbocycles. The lowest BCUT2D eigenvalue weighted by atomic mass is 10.1. The van der Waals surface area contributed by atoms with Crippen LogP contribution < -0.4 is 5.48 Å². The minimum Gasteiger partial charge on any atom is -0.267 e. The van der Waals surface area contributed by atoms with Crippen molar-refractivity contribution in [3.63, 3.8) is 0 Å². The van der Waals surface area contributed by atoms with Gasteiger partial charge >= 0.3 is 0 Å². The zero-order valence-electron chi connectivity index (χ0n) is 14.0. The third kappa shape index (κ3) is 12.8. The van der Waals surface area contributed by atoms with Gasteiger partial charge in [0.2, 0.25) is 0 Å². The minimum absolute atomic E-state index is 0.0695. The Kier molecular flexibility index (Phi) is 12.1. The van der Waals surface area contributed by atoms with E-state index in [1.807, 2.05) is 5.48 Å². The molecule has 0 fully saturated rings. The Morgan fingerprint density at radius 1 is 0.955 bits per heavy atom. The van der Waals surface area contributed by atoms with E-state index in [9.17, 15) is 13.2 Å². The van der Waals surface area contributed by atoms with E-state index >= 15 is 0 Å². The molecule has 0 rings (SSSR count). The molecule has 0 radical (unpaired) electrons. The van der Waals surface area contributed by atoms with Crippen molar-refractivity contribution in [3.8, 4) is 0 Å². The number of carbonyl (C=O) groups is 1. The lowest BCUT2D eigenvalue weighted by Crippen LogP contribution is -2.28. The van der Waals surface area contributed by atoms with Crippen LogP contribution in [0.5, 0.6) is 0 Å². The van der Waals surface area contributed by atoms with Crippen LogP contribution >= 0.6 is 0 Å². The first-order chi connectivity index (χ1) is 10.4. The highest BCUT2D eigenvalue weighted by atomic mass is 32.2. The molecular weight excluding hydrogens is 302 g/mol. The van der Waals surface area contributed by atoms with Crippen molar-refractivity contribution in [2.45, 2.75) is 78.1 Å². The summed E-state index contributed by atoms with van der Waals surface area (Å²) in [6.07, 6.45) is 11.3. The number of hydroxylamine groups is 1. The number of amides is 1. The van der Waals surface area contributed by atoms with Gasteiger partial charge < -0.3 is 0 Å². The Morgan fingerprint density at radius 2 is 1.41 bits per heavy atom.